The molecule has 28 heavy (non-hydrogen) atoms. The summed E-state index contributed by atoms with van der Waals surface area (Å²) in [5.41, 5.74) is 3.21. The quantitative estimate of drug-likeness (QED) is 0.680. The van der Waals surface area contributed by atoms with E-state index in [1.54, 1.807) is 29.4 Å². The zero-order valence-electron chi connectivity index (χ0n) is 15.6. The minimum Gasteiger partial charge on any atom is -0.362 e. The van der Waals surface area contributed by atoms with Gasteiger partial charge in [0.2, 0.25) is 0 Å². The van der Waals surface area contributed by atoms with Gasteiger partial charge < -0.3 is 9.80 Å². The summed E-state index contributed by atoms with van der Waals surface area (Å²) in [5, 5.41) is 0.505. The molecule has 0 saturated heterocycles. The Labute approximate surface area is 168 Å². The molecule has 0 radical (unpaired) electrons. The lowest BCUT2D eigenvalue weighted by molar-refractivity contribution is 0.0726. The number of hydrogen-bond donors (Lipinski definition) is 0. The molecule has 7 nitrogen and oxygen atoms in total. The Hall–Kier alpha value is -3.06. The van der Waals surface area contributed by atoms with Gasteiger partial charge >= 0.3 is 0 Å². The van der Waals surface area contributed by atoms with Crippen molar-refractivity contribution in [1.29, 1.82) is 0 Å². The Kier molecular flexibility index (Phi) is 4.92. The van der Waals surface area contributed by atoms with Crippen LogP contribution in [0.1, 0.15) is 21.7 Å². The van der Waals surface area contributed by atoms with E-state index in [-0.39, 0.29) is 5.91 Å². The van der Waals surface area contributed by atoms with Crippen molar-refractivity contribution >= 4 is 23.3 Å². The molecule has 0 aliphatic carbocycles. The normalized spacial score (nSPS) is 13.2. The largest absolute Gasteiger partial charge is 0.362 e. The first-order valence-electron chi connectivity index (χ1n) is 8.91. The average Bonchev–Trinajstić information content (AvgIpc) is 2.73. The summed E-state index contributed by atoms with van der Waals surface area (Å²) in [4.78, 5) is 34.3. The van der Waals surface area contributed by atoms with E-state index >= 15 is 0 Å². The summed E-state index contributed by atoms with van der Waals surface area (Å²) in [6.45, 7) is 1.01. The Balaban J connectivity index is 1.69. The van der Waals surface area contributed by atoms with Gasteiger partial charge in [0, 0.05) is 50.4 Å². The highest BCUT2D eigenvalue weighted by Gasteiger charge is 2.27. The van der Waals surface area contributed by atoms with Crippen molar-refractivity contribution in [2.24, 2.45) is 0 Å². The summed E-state index contributed by atoms with van der Waals surface area (Å²) >= 11 is 5.88. The average molecular weight is 395 g/mol. The highest BCUT2D eigenvalue weighted by molar-refractivity contribution is 6.30. The van der Waals surface area contributed by atoms with E-state index in [4.69, 9.17) is 21.6 Å². The van der Waals surface area contributed by atoms with Crippen molar-refractivity contribution in [3.05, 3.63) is 64.8 Å². The van der Waals surface area contributed by atoms with Crippen molar-refractivity contribution < 1.29 is 4.79 Å². The van der Waals surface area contributed by atoms with Gasteiger partial charge in [0.05, 0.1) is 17.3 Å². The molecule has 0 aromatic carbocycles. The highest BCUT2D eigenvalue weighted by atomic mass is 35.5. The van der Waals surface area contributed by atoms with Crippen LogP contribution >= 0.6 is 11.6 Å². The Morgan fingerprint density at radius 3 is 2.61 bits per heavy atom. The number of hydrogen-bond acceptors (Lipinski definition) is 6. The maximum atomic E-state index is 12.9. The van der Waals surface area contributed by atoms with E-state index in [0.29, 0.717) is 36.1 Å². The van der Waals surface area contributed by atoms with E-state index in [1.165, 1.54) is 6.20 Å². The number of anilines is 1. The minimum atomic E-state index is -0.127. The number of pyridine rings is 2. The van der Waals surface area contributed by atoms with E-state index in [9.17, 15) is 4.79 Å². The van der Waals surface area contributed by atoms with Crippen LogP contribution in [0.2, 0.25) is 5.02 Å². The third kappa shape index (κ3) is 3.53. The number of nitrogens with zero attached hydrogens (tertiary/aromatic N) is 6. The Bertz CT molecular complexity index is 1010. The first kappa shape index (κ1) is 18.3. The predicted octanol–water partition coefficient (Wildman–Crippen LogP) is 2.85. The lowest BCUT2D eigenvalue weighted by atomic mass is 10.0. The standard InChI is InChI=1S/C20H19ClN6O/c1-26(2)19-15-7-10-27(20(28)16-4-3-14(21)11-23-16)12-17(15)24-18(25-19)13-5-8-22-9-6-13/h3-6,8-9,11H,7,10,12H2,1-2H3. The lowest BCUT2D eigenvalue weighted by Gasteiger charge is -2.30. The molecule has 0 spiro atoms. The Morgan fingerprint density at radius 2 is 1.93 bits per heavy atom. The second-order valence-corrected chi connectivity index (χ2v) is 7.20. The van der Waals surface area contributed by atoms with Gasteiger partial charge in [-0.3, -0.25) is 9.78 Å². The topological polar surface area (TPSA) is 75.1 Å². The van der Waals surface area contributed by atoms with Gasteiger partial charge in [0.1, 0.15) is 11.5 Å². The van der Waals surface area contributed by atoms with Gasteiger partial charge in [0.15, 0.2) is 5.82 Å². The molecular formula is C20H19ClN6O. The van der Waals surface area contributed by atoms with Crippen molar-refractivity contribution in [3.8, 4) is 11.4 Å². The van der Waals surface area contributed by atoms with E-state index in [2.05, 4.69) is 9.97 Å². The Morgan fingerprint density at radius 1 is 1.14 bits per heavy atom. The molecule has 1 amide bonds. The molecule has 3 aromatic rings. The fraction of sp³-hybridized carbons (Fsp3) is 0.250. The van der Waals surface area contributed by atoms with Gasteiger partial charge in [-0.25, -0.2) is 15.0 Å². The lowest BCUT2D eigenvalue weighted by Crippen LogP contribution is -2.37. The van der Waals surface area contributed by atoms with E-state index in [1.807, 2.05) is 31.1 Å². The zero-order chi connectivity index (χ0) is 19.7. The van der Waals surface area contributed by atoms with Crippen LogP contribution in [0.5, 0.6) is 0 Å². The molecule has 0 unspecified atom stereocenters. The molecule has 0 fully saturated rings. The van der Waals surface area contributed by atoms with Crippen LogP contribution < -0.4 is 4.90 Å². The van der Waals surface area contributed by atoms with Crippen LogP contribution in [-0.4, -0.2) is 51.4 Å². The van der Waals surface area contributed by atoms with Crippen LogP contribution in [0.15, 0.2) is 42.9 Å². The van der Waals surface area contributed by atoms with E-state index in [0.717, 1.165) is 22.6 Å². The SMILES string of the molecule is CN(C)c1nc(-c2ccncc2)nc2c1CCN(C(=O)c1ccc(Cl)cn1)C2. The fourth-order valence-corrected chi connectivity index (χ4v) is 3.36. The molecule has 3 aromatic heterocycles. The first-order chi connectivity index (χ1) is 13.5. The third-order valence-corrected chi connectivity index (χ3v) is 4.86. The van der Waals surface area contributed by atoms with Crippen molar-refractivity contribution in [2.45, 2.75) is 13.0 Å². The summed E-state index contributed by atoms with van der Waals surface area (Å²) in [5.74, 6) is 1.38. The second kappa shape index (κ2) is 7.52. The second-order valence-electron chi connectivity index (χ2n) is 6.76. The molecule has 0 N–H and O–H groups in total. The number of carbonyl (C=O) groups excluding carboxylic acids is 1. The van der Waals surface area contributed by atoms with Crippen molar-refractivity contribution in [2.75, 3.05) is 25.5 Å². The molecule has 0 bridgehead atoms. The predicted molar refractivity (Wildman–Crippen MR) is 107 cm³/mol. The number of fused-ring (bicyclic) bond motifs is 1. The zero-order valence-corrected chi connectivity index (χ0v) is 16.4. The highest BCUT2D eigenvalue weighted by Crippen LogP contribution is 2.29. The third-order valence-electron chi connectivity index (χ3n) is 4.64. The van der Waals surface area contributed by atoms with Gasteiger partial charge in [-0.15, -0.1) is 0 Å². The van der Waals surface area contributed by atoms with Crippen LogP contribution in [0, 0.1) is 0 Å². The maximum absolute atomic E-state index is 12.9. The van der Waals surface area contributed by atoms with Gasteiger partial charge in [-0.1, -0.05) is 11.6 Å². The molecule has 0 atom stereocenters. The van der Waals surface area contributed by atoms with Crippen molar-refractivity contribution in [1.82, 2.24) is 24.8 Å². The number of halogens is 1. The first-order valence-corrected chi connectivity index (χ1v) is 9.29. The molecule has 1 aliphatic rings. The van der Waals surface area contributed by atoms with Crippen LogP contribution in [-0.2, 0) is 13.0 Å². The minimum absolute atomic E-state index is 0.127. The number of amides is 1. The van der Waals surface area contributed by atoms with Crippen LogP contribution in [0.4, 0.5) is 5.82 Å². The molecule has 0 saturated carbocycles. The molecule has 142 valence electrons. The number of rotatable bonds is 3. The number of aromatic nitrogens is 4. The van der Waals surface area contributed by atoms with Gasteiger partial charge in [-0.05, 0) is 30.7 Å². The maximum Gasteiger partial charge on any atom is 0.272 e. The molecule has 8 heteroatoms. The molecule has 4 rings (SSSR count). The van der Waals surface area contributed by atoms with Crippen molar-refractivity contribution in [3.63, 3.8) is 0 Å². The van der Waals surface area contributed by atoms with Gasteiger partial charge in [-0.2, -0.15) is 0 Å². The van der Waals surface area contributed by atoms with Gasteiger partial charge in [0.25, 0.3) is 5.91 Å². The number of carbonyl (C=O) groups is 1. The monoisotopic (exact) mass is 394 g/mol. The summed E-state index contributed by atoms with van der Waals surface area (Å²) < 4.78 is 0. The smallest absolute Gasteiger partial charge is 0.272 e. The van der Waals surface area contributed by atoms with Crippen LogP contribution in [0.25, 0.3) is 11.4 Å². The summed E-state index contributed by atoms with van der Waals surface area (Å²) in [6.07, 6.45) is 5.62. The fourth-order valence-electron chi connectivity index (χ4n) is 3.25. The van der Waals surface area contributed by atoms with Crippen LogP contribution in [0.3, 0.4) is 0 Å². The summed E-state index contributed by atoms with van der Waals surface area (Å²) in [7, 11) is 3.93. The van der Waals surface area contributed by atoms with E-state index < -0.39 is 0 Å². The molecule has 4 heterocycles. The molecule has 1 aliphatic heterocycles. The summed E-state index contributed by atoms with van der Waals surface area (Å²) in [6, 6.07) is 7.08. The molecular weight excluding hydrogens is 376 g/mol.